The molecule has 0 atom stereocenters. The van der Waals surface area contributed by atoms with Crippen molar-refractivity contribution >= 4 is 27.7 Å². The summed E-state index contributed by atoms with van der Waals surface area (Å²) in [6.07, 6.45) is 7.29. The highest BCUT2D eigenvalue weighted by atomic mass is 79.9. The molecule has 0 saturated heterocycles. The zero-order chi connectivity index (χ0) is 18.8. The second kappa shape index (κ2) is 10.8. The maximum Gasteiger partial charge on any atom is 0.269 e. The van der Waals surface area contributed by atoms with Crippen LogP contribution in [0.5, 0.6) is 0 Å². The Hall–Kier alpha value is -2.14. The summed E-state index contributed by atoms with van der Waals surface area (Å²) >= 11 is 3.32. The Kier molecular flexibility index (Phi) is 8.35. The molecule has 0 unspecified atom stereocenters. The van der Waals surface area contributed by atoms with Crippen molar-refractivity contribution in [3.8, 4) is 0 Å². The topological polar surface area (TPSA) is 58.2 Å². The molecule has 0 bridgehead atoms. The monoisotopic (exact) mass is 416 g/mol. The number of halogens is 1. The summed E-state index contributed by atoms with van der Waals surface area (Å²) in [5.41, 5.74) is 7.11. The van der Waals surface area contributed by atoms with E-state index in [0.717, 1.165) is 10.9 Å². The number of nitrogens with one attached hydrogen (secondary N) is 2. The first-order valence-corrected chi connectivity index (χ1v) is 9.84. The van der Waals surface area contributed by atoms with Crippen molar-refractivity contribution in [1.29, 1.82) is 0 Å². The second-order valence-corrected chi connectivity index (χ2v) is 7.19. The van der Waals surface area contributed by atoms with E-state index in [1.807, 2.05) is 12.1 Å². The number of hydrogen-bond donors (Lipinski definition) is 2. The first kappa shape index (κ1) is 20.2. The van der Waals surface area contributed by atoms with Gasteiger partial charge < -0.3 is 0 Å². The first-order chi connectivity index (χ1) is 12.6. The molecule has 0 spiro atoms. The number of hydrazine groups is 1. The quantitative estimate of drug-likeness (QED) is 0.467. The highest BCUT2D eigenvalue weighted by Crippen LogP contribution is 2.11. The van der Waals surface area contributed by atoms with Crippen LogP contribution >= 0.6 is 15.9 Å². The third-order valence-electron chi connectivity index (χ3n) is 4.18. The molecule has 2 aromatic rings. The molecule has 26 heavy (non-hydrogen) atoms. The maximum absolute atomic E-state index is 12.1. The lowest BCUT2D eigenvalue weighted by molar-refractivity contribution is 0.0846. The van der Waals surface area contributed by atoms with Gasteiger partial charge in [0.1, 0.15) is 0 Å². The van der Waals surface area contributed by atoms with Crippen LogP contribution in [0.25, 0.3) is 0 Å². The number of rotatable bonds is 8. The molecule has 0 aliphatic heterocycles. The lowest BCUT2D eigenvalue weighted by Crippen LogP contribution is -2.41. The van der Waals surface area contributed by atoms with Crippen molar-refractivity contribution in [2.75, 3.05) is 0 Å². The molecule has 0 aliphatic rings. The summed E-state index contributed by atoms with van der Waals surface area (Å²) in [6.45, 7) is 2.21. The minimum Gasteiger partial charge on any atom is -0.267 e. The van der Waals surface area contributed by atoms with E-state index in [2.05, 4.69) is 33.7 Å². The SMILES string of the molecule is CCCCCCCc1ccc(C(=O)NNC(=O)c2ccc(Br)cc2)cc1. The molecule has 0 fully saturated rings. The Morgan fingerprint density at radius 3 is 1.81 bits per heavy atom. The lowest BCUT2D eigenvalue weighted by atomic mass is 10.0. The molecule has 138 valence electrons. The average molecular weight is 417 g/mol. The zero-order valence-corrected chi connectivity index (χ0v) is 16.6. The molecular formula is C21H25BrN2O2. The number of benzene rings is 2. The molecule has 0 aromatic heterocycles. The van der Waals surface area contributed by atoms with Crippen molar-refractivity contribution in [2.24, 2.45) is 0 Å². The molecule has 2 amide bonds. The predicted molar refractivity (Wildman–Crippen MR) is 108 cm³/mol. The normalized spacial score (nSPS) is 10.4. The third-order valence-corrected chi connectivity index (χ3v) is 4.71. The van der Waals surface area contributed by atoms with Crippen LogP contribution in [-0.4, -0.2) is 11.8 Å². The summed E-state index contributed by atoms with van der Waals surface area (Å²) in [4.78, 5) is 24.1. The lowest BCUT2D eigenvalue weighted by Gasteiger charge is -2.08. The molecule has 2 N–H and O–H groups in total. The van der Waals surface area contributed by atoms with Gasteiger partial charge in [-0.25, -0.2) is 0 Å². The third kappa shape index (κ3) is 6.64. The van der Waals surface area contributed by atoms with Crippen LogP contribution < -0.4 is 10.9 Å². The van der Waals surface area contributed by atoms with Gasteiger partial charge in [-0.3, -0.25) is 20.4 Å². The van der Waals surface area contributed by atoms with E-state index in [1.165, 1.54) is 37.7 Å². The number of carbonyl (C=O) groups excluding carboxylic acids is 2. The fourth-order valence-corrected chi connectivity index (χ4v) is 2.88. The molecule has 0 saturated carbocycles. The van der Waals surface area contributed by atoms with Crippen molar-refractivity contribution in [1.82, 2.24) is 10.9 Å². The summed E-state index contributed by atoms with van der Waals surface area (Å²) in [5, 5.41) is 0. The Morgan fingerprint density at radius 2 is 1.27 bits per heavy atom. The number of amides is 2. The Morgan fingerprint density at radius 1 is 0.769 bits per heavy atom. The highest BCUT2D eigenvalue weighted by Gasteiger charge is 2.09. The molecule has 2 aromatic carbocycles. The van der Waals surface area contributed by atoms with E-state index in [0.29, 0.717) is 11.1 Å². The summed E-state index contributed by atoms with van der Waals surface area (Å²) in [7, 11) is 0. The Bertz CT molecular complexity index is 712. The average Bonchev–Trinajstić information content (AvgIpc) is 2.66. The van der Waals surface area contributed by atoms with Gasteiger partial charge in [-0.15, -0.1) is 0 Å². The van der Waals surface area contributed by atoms with Gasteiger partial charge in [0.05, 0.1) is 0 Å². The van der Waals surface area contributed by atoms with Crippen LogP contribution in [0.3, 0.4) is 0 Å². The van der Waals surface area contributed by atoms with Crippen LogP contribution in [0.2, 0.25) is 0 Å². The van der Waals surface area contributed by atoms with Gasteiger partial charge in [0, 0.05) is 15.6 Å². The van der Waals surface area contributed by atoms with E-state index in [9.17, 15) is 9.59 Å². The minimum absolute atomic E-state index is 0.329. The van der Waals surface area contributed by atoms with E-state index < -0.39 is 0 Å². The number of carbonyl (C=O) groups is 2. The van der Waals surface area contributed by atoms with Gasteiger partial charge >= 0.3 is 0 Å². The molecule has 5 heteroatoms. The standard InChI is InChI=1S/C21H25BrN2O2/c1-2-3-4-5-6-7-16-8-10-17(11-9-16)20(25)23-24-21(26)18-12-14-19(22)15-13-18/h8-15H,2-7H2,1H3,(H,23,25)(H,24,26). The van der Waals surface area contributed by atoms with Crippen LogP contribution in [0, 0.1) is 0 Å². The fraction of sp³-hybridized carbons (Fsp3) is 0.333. The number of unbranched alkanes of at least 4 members (excludes halogenated alkanes) is 4. The predicted octanol–water partition coefficient (Wildman–Crippen LogP) is 5.04. The molecule has 4 nitrogen and oxygen atoms in total. The highest BCUT2D eigenvalue weighted by molar-refractivity contribution is 9.10. The molecule has 0 aliphatic carbocycles. The number of hydrogen-bond acceptors (Lipinski definition) is 2. The zero-order valence-electron chi connectivity index (χ0n) is 15.1. The summed E-state index contributed by atoms with van der Waals surface area (Å²) < 4.78 is 0.892. The molecule has 2 rings (SSSR count). The van der Waals surface area contributed by atoms with Crippen molar-refractivity contribution in [3.05, 3.63) is 69.7 Å². The van der Waals surface area contributed by atoms with E-state index in [4.69, 9.17) is 0 Å². The van der Waals surface area contributed by atoms with Gasteiger partial charge in [0.2, 0.25) is 0 Å². The smallest absolute Gasteiger partial charge is 0.267 e. The Balaban J connectivity index is 1.78. The van der Waals surface area contributed by atoms with Gasteiger partial charge in [0.15, 0.2) is 0 Å². The van der Waals surface area contributed by atoms with Gasteiger partial charge in [0.25, 0.3) is 11.8 Å². The van der Waals surface area contributed by atoms with E-state index in [1.54, 1.807) is 36.4 Å². The van der Waals surface area contributed by atoms with Crippen LogP contribution in [-0.2, 0) is 6.42 Å². The van der Waals surface area contributed by atoms with Crippen LogP contribution in [0.1, 0.15) is 65.3 Å². The second-order valence-electron chi connectivity index (χ2n) is 6.28. The van der Waals surface area contributed by atoms with Gasteiger partial charge in [-0.2, -0.15) is 0 Å². The minimum atomic E-state index is -0.352. The first-order valence-electron chi connectivity index (χ1n) is 9.05. The van der Waals surface area contributed by atoms with Crippen molar-refractivity contribution < 1.29 is 9.59 Å². The maximum atomic E-state index is 12.1. The summed E-state index contributed by atoms with van der Waals surface area (Å²) in [6, 6.07) is 14.5. The van der Waals surface area contributed by atoms with Crippen LogP contribution in [0.4, 0.5) is 0 Å². The number of aryl methyl sites for hydroxylation is 1. The van der Waals surface area contributed by atoms with Crippen LogP contribution in [0.15, 0.2) is 53.0 Å². The summed E-state index contributed by atoms with van der Waals surface area (Å²) in [5.74, 6) is -0.681. The van der Waals surface area contributed by atoms with E-state index in [-0.39, 0.29) is 11.8 Å². The Labute approximate surface area is 163 Å². The molecule has 0 heterocycles. The fourth-order valence-electron chi connectivity index (χ4n) is 2.61. The molecule has 0 radical (unpaired) electrons. The van der Waals surface area contributed by atoms with Gasteiger partial charge in [-0.05, 0) is 54.8 Å². The van der Waals surface area contributed by atoms with Crippen molar-refractivity contribution in [3.63, 3.8) is 0 Å². The van der Waals surface area contributed by atoms with E-state index >= 15 is 0 Å². The van der Waals surface area contributed by atoms with Crippen molar-refractivity contribution in [2.45, 2.75) is 45.4 Å². The molecular weight excluding hydrogens is 392 g/mol. The van der Waals surface area contributed by atoms with Gasteiger partial charge in [-0.1, -0.05) is 60.7 Å². The largest absolute Gasteiger partial charge is 0.269 e.